The summed E-state index contributed by atoms with van der Waals surface area (Å²) in [7, 11) is 0. The van der Waals surface area contributed by atoms with E-state index in [4.69, 9.17) is 9.47 Å². The maximum atomic E-state index is 12.4. The van der Waals surface area contributed by atoms with Gasteiger partial charge in [0.25, 0.3) is 0 Å². The zero-order chi connectivity index (χ0) is 15.5. The van der Waals surface area contributed by atoms with Crippen LogP contribution in [0.5, 0.6) is 11.5 Å². The van der Waals surface area contributed by atoms with E-state index in [0.717, 1.165) is 11.3 Å². The number of amides is 2. The minimum atomic E-state index is 0.0856. The maximum Gasteiger partial charge on any atom is 0.231 e. The highest BCUT2D eigenvalue weighted by Crippen LogP contribution is 2.32. The van der Waals surface area contributed by atoms with Crippen molar-refractivity contribution in [2.45, 2.75) is 19.8 Å². The van der Waals surface area contributed by atoms with Crippen LogP contribution in [-0.2, 0) is 16.0 Å². The summed E-state index contributed by atoms with van der Waals surface area (Å²) in [4.78, 5) is 27.7. The van der Waals surface area contributed by atoms with Gasteiger partial charge in [0.15, 0.2) is 11.5 Å². The SMILES string of the molecule is CCC(=O)N1CCN(C(=O)Cc2ccc3c(c2)OCO3)CC1. The Morgan fingerprint density at radius 2 is 1.64 bits per heavy atom. The second-order valence-corrected chi connectivity index (χ2v) is 5.48. The first-order valence-electron chi connectivity index (χ1n) is 7.61. The Balaban J connectivity index is 1.56. The Morgan fingerprint density at radius 1 is 1.00 bits per heavy atom. The molecule has 0 aromatic heterocycles. The largest absolute Gasteiger partial charge is 0.454 e. The molecule has 0 N–H and O–H groups in total. The number of fused-ring (bicyclic) bond motifs is 1. The number of rotatable bonds is 3. The highest BCUT2D eigenvalue weighted by Gasteiger charge is 2.23. The predicted molar refractivity (Wildman–Crippen MR) is 79.7 cm³/mol. The van der Waals surface area contributed by atoms with E-state index >= 15 is 0 Å². The van der Waals surface area contributed by atoms with Crippen LogP contribution in [0, 0.1) is 0 Å². The molecule has 0 unspecified atom stereocenters. The Labute approximate surface area is 129 Å². The van der Waals surface area contributed by atoms with E-state index in [-0.39, 0.29) is 18.6 Å². The molecule has 0 saturated carbocycles. The fourth-order valence-electron chi connectivity index (χ4n) is 2.77. The van der Waals surface area contributed by atoms with Gasteiger partial charge in [0.05, 0.1) is 6.42 Å². The molecule has 1 fully saturated rings. The van der Waals surface area contributed by atoms with Gasteiger partial charge in [-0.25, -0.2) is 0 Å². The van der Waals surface area contributed by atoms with Crippen molar-refractivity contribution in [3.63, 3.8) is 0 Å². The quantitative estimate of drug-likeness (QED) is 0.837. The highest BCUT2D eigenvalue weighted by molar-refractivity contribution is 5.80. The molecule has 1 aromatic carbocycles. The molecule has 0 bridgehead atoms. The molecule has 0 radical (unpaired) electrons. The first-order chi connectivity index (χ1) is 10.7. The molecule has 2 amide bonds. The fraction of sp³-hybridized carbons (Fsp3) is 0.500. The van der Waals surface area contributed by atoms with Gasteiger partial charge in [-0.1, -0.05) is 13.0 Å². The van der Waals surface area contributed by atoms with Crippen molar-refractivity contribution in [3.8, 4) is 11.5 Å². The molecule has 1 aromatic rings. The molecular formula is C16H20N2O4. The summed E-state index contributed by atoms with van der Waals surface area (Å²) in [5.41, 5.74) is 0.918. The van der Waals surface area contributed by atoms with E-state index in [1.165, 1.54) is 0 Å². The summed E-state index contributed by atoms with van der Waals surface area (Å²) >= 11 is 0. The van der Waals surface area contributed by atoms with Crippen molar-refractivity contribution in [2.24, 2.45) is 0 Å². The zero-order valence-corrected chi connectivity index (χ0v) is 12.7. The zero-order valence-electron chi connectivity index (χ0n) is 12.7. The van der Waals surface area contributed by atoms with Crippen LogP contribution >= 0.6 is 0 Å². The van der Waals surface area contributed by atoms with Crippen LogP contribution in [0.3, 0.4) is 0 Å². The Morgan fingerprint density at radius 3 is 2.32 bits per heavy atom. The van der Waals surface area contributed by atoms with E-state index in [1.807, 2.05) is 34.9 Å². The van der Waals surface area contributed by atoms with Crippen LogP contribution in [0.15, 0.2) is 18.2 Å². The first-order valence-corrected chi connectivity index (χ1v) is 7.61. The minimum absolute atomic E-state index is 0.0856. The molecule has 0 aliphatic carbocycles. The monoisotopic (exact) mass is 304 g/mol. The normalized spacial score (nSPS) is 16.8. The molecule has 2 heterocycles. The van der Waals surface area contributed by atoms with Crippen molar-refractivity contribution in [3.05, 3.63) is 23.8 Å². The summed E-state index contributed by atoms with van der Waals surface area (Å²) in [5.74, 6) is 1.66. The molecule has 0 spiro atoms. The Hall–Kier alpha value is -2.24. The molecule has 6 heteroatoms. The molecule has 22 heavy (non-hydrogen) atoms. The van der Waals surface area contributed by atoms with Crippen molar-refractivity contribution in [1.82, 2.24) is 9.80 Å². The van der Waals surface area contributed by atoms with Crippen LogP contribution in [0.2, 0.25) is 0 Å². The van der Waals surface area contributed by atoms with Gasteiger partial charge in [0.1, 0.15) is 0 Å². The van der Waals surface area contributed by atoms with Gasteiger partial charge in [-0.15, -0.1) is 0 Å². The van der Waals surface area contributed by atoms with E-state index in [9.17, 15) is 9.59 Å². The molecule has 2 aliphatic rings. The predicted octanol–water partition coefficient (Wildman–Crippen LogP) is 1.04. The lowest BCUT2D eigenvalue weighted by Crippen LogP contribution is -2.50. The number of ether oxygens (including phenoxy) is 2. The lowest BCUT2D eigenvalue weighted by molar-refractivity contribution is -0.139. The van der Waals surface area contributed by atoms with Crippen LogP contribution in [0.4, 0.5) is 0 Å². The van der Waals surface area contributed by atoms with Crippen molar-refractivity contribution in [2.75, 3.05) is 33.0 Å². The van der Waals surface area contributed by atoms with E-state index in [1.54, 1.807) is 0 Å². The minimum Gasteiger partial charge on any atom is -0.454 e. The van der Waals surface area contributed by atoms with Gasteiger partial charge < -0.3 is 19.3 Å². The second kappa shape index (κ2) is 6.25. The standard InChI is InChI=1S/C16H20N2O4/c1-2-15(19)17-5-7-18(8-6-17)16(20)10-12-3-4-13-14(9-12)22-11-21-13/h3-4,9H,2,5-8,10-11H2,1H3. The molecule has 2 aliphatic heterocycles. The molecule has 118 valence electrons. The fourth-order valence-corrected chi connectivity index (χ4v) is 2.77. The molecule has 0 atom stereocenters. The van der Waals surface area contributed by atoms with Gasteiger partial charge in [-0.2, -0.15) is 0 Å². The maximum absolute atomic E-state index is 12.4. The summed E-state index contributed by atoms with van der Waals surface area (Å²) in [5, 5.41) is 0. The smallest absolute Gasteiger partial charge is 0.231 e. The Bertz CT molecular complexity index is 580. The van der Waals surface area contributed by atoms with Crippen LogP contribution in [0.1, 0.15) is 18.9 Å². The third-order valence-electron chi connectivity index (χ3n) is 4.08. The van der Waals surface area contributed by atoms with Gasteiger partial charge >= 0.3 is 0 Å². The average molecular weight is 304 g/mol. The van der Waals surface area contributed by atoms with Crippen molar-refractivity contribution < 1.29 is 19.1 Å². The number of carbonyl (C=O) groups excluding carboxylic acids is 2. The highest BCUT2D eigenvalue weighted by atomic mass is 16.7. The van der Waals surface area contributed by atoms with E-state index in [0.29, 0.717) is 44.8 Å². The van der Waals surface area contributed by atoms with Crippen molar-refractivity contribution in [1.29, 1.82) is 0 Å². The lowest BCUT2D eigenvalue weighted by Gasteiger charge is -2.34. The number of hydrogen-bond donors (Lipinski definition) is 0. The van der Waals surface area contributed by atoms with Crippen molar-refractivity contribution >= 4 is 11.8 Å². The summed E-state index contributed by atoms with van der Waals surface area (Å²) in [6.07, 6.45) is 0.865. The van der Waals surface area contributed by atoms with Crippen LogP contribution < -0.4 is 9.47 Å². The number of carbonyl (C=O) groups is 2. The summed E-state index contributed by atoms with van der Waals surface area (Å²) in [6.45, 7) is 4.56. The van der Waals surface area contributed by atoms with Gasteiger partial charge in [0.2, 0.25) is 18.6 Å². The van der Waals surface area contributed by atoms with Gasteiger partial charge in [-0.05, 0) is 17.7 Å². The third-order valence-corrected chi connectivity index (χ3v) is 4.08. The molecule has 3 rings (SSSR count). The average Bonchev–Trinajstić information content (AvgIpc) is 3.02. The van der Waals surface area contributed by atoms with Gasteiger partial charge in [0, 0.05) is 32.6 Å². The third kappa shape index (κ3) is 3.00. The second-order valence-electron chi connectivity index (χ2n) is 5.48. The van der Waals surface area contributed by atoms with Crippen LogP contribution in [-0.4, -0.2) is 54.6 Å². The molecular weight excluding hydrogens is 284 g/mol. The first kappa shape index (κ1) is 14.7. The van der Waals surface area contributed by atoms with E-state index in [2.05, 4.69) is 0 Å². The summed E-state index contributed by atoms with van der Waals surface area (Å²) in [6, 6.07) is 5.59. The molecule has 1 saturated heterocycles. The van der Waals surface area contributed by atoms with Gasteiger partial charge in [-0.3, -0.25) is 9.59 Å². The number of benzene rings is 1. The van der Waals surface area contributed by atoms with E-state index < -0.39 is 0 Å². The van der Waals surface area contributed by atoms with Crippen LogP contribution in [0.25, 0.3) is 0 Å². The topological polar surface area (TPSA) is 59.1 Å². The lowest BCUT2D eigenvalue weighted by atomic mass is 10.1. The Kier molecular flexibility index (Phi) is 4.18. The number of hydrogen-bond acceptors (Lipinski definition) is 4. The number of piperazine rings is 1. The molecule has 6 nitrogen and oxygen atoms in total. The summed E-state index contributed by atoms with van der Waals surface area (Å²) < 4.78 is 10.6. The number of nitrogens with zero attached hydrogens (tertiary/aromatic N) is 2.